The second-order valence-electron chi connectivity index (χ2n) is 5.42. The summed E-state index contributed by atoms with van der Waals surface area (Å²) in [5.74, 6) is 0. The Morgan fingerprint density at radius 2 is 1.93 bits per heavy atom. The summed E-state index contributed by atoms with van der Waals surface area (Å²) in [5.41, 5.74) is 0.216. The second-order valence-corrected chi connectivity index (χ2v) is 5.42. The van der Waals surface area contributed by atoms with E-state index in [-0.39, 0.29) is 5.41 Å². The van der Waals surface area contributed by atoms with E-state index >= 15 is 0 Å². The zero-order chi connectivity index (χ0) is 11.7. The lowest BCUT2D eigenvalue weighted by molar-refractivity contribution is 0.202. The summed E-state index contributed by atoms with van der Waals surface area (Å²) in [4.78, 5) is 0. The molecule has 0 rings (SSSR count). The smallest absolute Gasteiger partial charge is 0.0436 e. The third kappa shape index (κ3) is 8.88. The summed E-state index contributed by atoms with van der Waals surface area (Å²) in [6, 6.07) is 0.606. The van der Waals surface area contributed by atoms with Crippen LogP contribution in [-0.4, -0.2) is 24.3 Å². The van der Waals surface area contributed by atoms with Crippen LogP contribution in [0, 0.1) is 5.41 Å². The van der Waals surface area contributed by atoms with Crippen molar-refractivity contribution in [1.82, 2.24) is 5.32 Å². The Morgan fingerprint density at radius 1 is 1.27 bits per heavy atom. The highest BCUT2D eigenvalue weighted by Crippen LogP contribution is 2.18. The fraction of sp³-hybridized carbons (Fsp3) is 1.00. The zero-order valence-electron chi connectivity index (χ0n) is 11.0. The van der Waals surface area contributed by atoms with Crippen molar-refractivity contribution in [2.24, 2.45) is 5.41 Å². The minimum absolute atomic E-state index is 0.216. The van der Waals surface area contributed by atoms with Crippen molar-refractivity contribution in [3.63, 3.8) is 0 Å². The highest BCUT2D eigenvalue weighted by Gasteiger charge is 2.17. The average Bonchev–Trinajstić information content (AvgIpc) is 2.15. The first kappa shape index (κ1) is 14.9. The third-order valence-corrected chi connectivity index (χ3v) is 2.96. The normalized spacial score (nSPS) is 14.2. The fourth-order valence-electron chi connectivity index (χ4n) is 1.64. The van der Waals surface area contributed by atoms with Gasteiger partial charge in [0.25, 0.3) is 0 Å². The minimum Gasteiger partial charge on any atom is -0.396 e. The zero-order valence-corrected chi connectivity index (χ0v) is 11.0. The molecule has 0 aliphatic heterocycles. The van der Waals surface area contributed by atoms with E-state index in [1.165, 1.54) is 25.7 Å². The van der Waals surface area contributed by atoms with Crippen LogP contribution in [0.4, 0.5) is 0 Å². The molecule has 0 aromatic heterocycles. The van der Waals surface area contributed by atoms with Crippen LogP contribution in [0.25, 0.3) is 0 Å². The van der Waals surface area contributed by atoms with Crippen LogP contribution in [0.2, 0.25) is 0 Å². The molecular weight excluding hydrogens is 186 g/mol. The Labute approximate surface area is 95.5 Å². The van der Waals surface area contributed by atoms with Gasteiger partial charge in [-0.05, 0) is 25.2 Å². The van der Waals surface area contributed by atoms with Crippen molar-refractivity contribution in [2.75, 3.05) is 13.2 Å². The quantitative estimate of drug-likeness (QED) is 0.580. The number of hydrogen-bond donors (Lipinski definition) is 2. The van der Waals surface area contributed by atoms with Crippen molar-refractivity contribution in [3.8, 4) is 0 Å². The maximum atomic E-state index is 8.91. The predicted octanol–water partition coefficient (Wildman–Crippen LogP) is 2.95. The standard InChI is InChI=1S/C13H29NO/c1-5-6-7-8-12(2)14-11-13(3,4)9-10-15/h12,14-15H,5-11H2,1-4H3. The predicted molar refractivity (Wildman–Crippen MR) is 67.1 cm³/mol. The van der Waals surface area contributed by atoms with E-state index in [0.29, 0.717) is 12.6 Å². The lowest BCUT2D eigenvalue weighted by Crippen LogP contribution is -2.35. The number of rotatable bonds is 9. The van der Waals surface area contributed by atoms with Crippen LogP contribution in [0.1, 0.15) is 59.8 Å². The molecule has 0 saturated heterocycles. The maximum Gasteiger partial charge on any atom is 0.0436 e. The first-order chi connectivity index (χ1) is 7.02. The summed E-state index contributed by atoms with van der Waals surface area (Å²) in [6.07, 6.45) is 6.10. The molecule has 0 radical (unpaired) electrons. The molecule has 0 spiro atoms. The van der Waals surface area contributed by atoms with Gasteiger partial charge in [0, 0.05) is 19.2 Å². The van der Waals surface area contributed by atoms with Gasteiger partial charge in [-0.15, -0.1) is 0 Å². The number of aliphatic hydroxyl groups is 1. The van der Waals surface area contributed by atoms with Gasteiger partial charge >= 0.3 is 0 Å². The van der Waals surface area contributed by atoms with Crippen LogP contribution < -0.4 is 5.32 Å². The van der Waals surface area contributed by atoms with Gasteiger partial charge in [0.1, 0.15) is 0 Å². The fourth-order valence-corrected chi connectivity index (χ4v) is 1.64. The molecule has 0 aliphatic rings. The molecule has 0 heterocycles. The molecule has 0 fully saturated rings. The first-order valence-electron chi connectivity index (χ1n) is 6.36. The van der Waals surface area contributed by atoms with Crippen molar-refractivity contribution >= 4 is 0 Å². The molecule has 2 nitrogen and oxygen atoms in total. The lowest BCUT2D eigenvalue weighted by atomic mass is 9.89. The molecule has 1 unspecified atom stereocenters. The molecule has 0 amide bonds. The molecule has 92 valence electrons. The van der Waals surface area contributed by atoms with Crippen LogP contribution in [0.5, 0.6) is 0 Å². The Bertz CT molecular complexity index is 145. The molecule has 15 heavy (non-hydrogen) atoms. The van der Waals surface area contributed by atoms with Gasteiger partial charge in [-0.1, -0.05) is 40.0 Å². The molecule has 1 atom stereocenters. The van der Waals surface area contributed by atoms with E-state index < -0.39 is 0 Å². The summed E-state index contributed by atoms with van der Waals surface area (Å²) < 4.78 is 0. The van der Waals surface area contributed by atoms with Crippen molar-refractivity contribution in [1.29, 1.82) is 0 Å². The number of unbranched alkanes of at least 4 members (excludes halogenated alkanes) is 2. The molecule has 0 aromatic rings. The van der Waals surface area contributed by atoms with Gasteiger partial charge < -0.3 is 10.4 Å². The van der Waals surface area contributed by atoms with Gasteiger partial charge in [0.15, 0.2) is 0 Å². The molecular formula is C13H29NO. The Kier molecular flexibility index (Phi) is 8.07. The van der Waals surface area contributed by atoms with Crippen LogP contribution >= 0.6 is 0 Å². The topological polar surface area (TPSA) is 32.3 Å². The Hall–Kier alpha value is -0.0800. The summed E-state index contributed by atoms with van der Waals surface area (Å²) in [5, 5.41) is 12.5. The van der Waals surface area contributed by atoms with E-state index in [0.717, 1.165) is 13.0 Å². The highest BCUT2D eigenvalue weighted by atomic mass is 16.3. The monoisotopic (exact) mass is 215 g/mol. The van der Waals surface area contributed by atoms with E-state index in [9.17, 15) is 0 Å². The molecule has 0 aliphatic carbocycles. The highest BCUT2D eigenvalue weighted by molar-refractivity contribution is 4.73. The number of aliphatic hydroxyl groups excluding tert-OH is 1. The average molecular weight is 215 g/mol. The summed E-state index contributed by atoms with van der Waals surface area (Å²) in [6.45, 7) is 10.2. The molecule has 0 bridgehead atoms. The summed E-state index contributed by atoms with van der Waals surface area (Å²) in [7, 11) is 0. The molecule has 2 heteroatoms. The number of nitrogens with one attached hydrogen (secondary N) is 1. The SMILES string of the molecule is CCCCCC(C)NCC(C)(C)CCO. The summed E-state index contributed by atoms with van der Waals surface area (Å²) >= 11 is 0. The van der Waals surface area contributed by atoms with Crippen molar-refractivity contribution < 1.29 is 5.11 Å². The van der Waals surface area contributed by atoms with E-state index in [4.69, 9.17) is 5.11 Å². The van der Waals surface area contributed by atoms with Gasteiger partial charge in [0.05, 0.1) is 0 Å². The van der Waals surface area contributed by atoms with Gasteiger partial charge in [-0.3, -0.25) is 0 Å². The Morgan fingerprint density at radius 3 is 2.47 bits per heavy atom. The largest absolute Gasteiger partial charge is 0.396 e. The van der Waals surface area contributed by atoms with E-state index in [1.54, 1.807) is 0 Å². The van der Waals surface area contributed by atoms with Gasteiger partial charge in [-0.25, -0.2) is 0 Å². The van der Waals surface area contributed by atoms with E-state index in [2.05, 4.69) is 33.0 Å². The molecule has 0 aromatic carbocycles. The lowest BCUT2D eigenvalue weighted by Gasteiger charge is -2.26. The maximum absolute atomic E-state index is 8.91. The first-order valence-corrected chi connectivity index (χ1v) is 6.36. The van der Waals surface area contributed by atoms with Gasteiger partial charge in [-0.2, -0.15) is 0 Å². The van der Waals surface area contributed by atoms with Crippen molar-refractivity contribution in [3.05, 3.63) is 0 Å². The molecule has 0 saturated carbocycles. The van der Waals surface area contributed by atoms with Crippen LogP contribution in [-0.2, 0) is 0 Å². The van der Waals surface area contributed by atoms with Crippen molar-refractivity contribution in [2.45, 2.75) is 65.8 Å². The Balaban J connectivity index is 3.55. The van der Waals surface area contributed by atoms with Crippen LogP contribution in [0.3, 0.4) is 0 Å². The third-order valence-electron chi connectivity index (χ3n) is 2.96. The molecule has 2 N–H and O–H groups in total. The minimum atomic E-state index is 0.216. The van der Waals surface area contributed by atoms with Crippen LogP contribution in [0.15, 0.2) is 0 Å². The van der Waals surface area contributed by atoms with Gasteiger partial charge in [0.2, 0.25) is 0 Å². The number of hydrogen-bond acceptors (Lipinski definition) is 2. The second kappa shape index (κ2) is 8.12. The van der Waals surface area contributed by atoms with E-state index in [1.807, 2.05) is 0 Å².